The molecule has 4 atom stereocenters. The average molecular weight is 482 g/mol. The van der Waals surface area contributed by atoms with E-state index in [2.05, 4.69) is 30.2 Å². The second kappa shape index (κ2) is 10.1. The van der Waals surface area contributed by atoms with E-state index in [4.69, 9.17) is 10.5 Å². The van der Waals surface area contributed by atoms with E-state index in [1.54, 1.807) is 4.90 Å². The first-order chi connectivity index (χ1) is 16.5. The number of rotatable bonds is 7. The summed E-state index contributed by atoms with van der Waals surface area (Å²) < 4.78 is 5.61. The number of hydrogen-bond donors (Lipinski definition) is 1. The molecular weight excluding hydrogens is 442 g/mol. The molecule has 0 radical (unpaired) electrons. The van der Waals surface area contributed by atoms with Gasteiger partial charge in [0.05, 0.1) is 6.04 Å². The van der Waals surface area contributed by atoms with Crippen LogP contribution in [0.1, 0.15) is 64.0 Å². The van der Waals surface area contributed by atoms with Gasteiger partial charge in [0.1, 0.15) is 5.60 Å². The SMILES string of the molecule is CN1CC=C(c2ccc(C[C@H](CC(=O)[C@@H]3[C@H]4CC[C@H](C4)N3C(=O)OC(C)(C)C)C(N)=O)cc2)CC1. The number of fused-ring (bicyclic) bond motifs is 2. The summed E-state index contributed by atoms with van der Waals surface area (Å²) in [4.78, 5) is 42.6. The zero-order valence-electron chi connectivity index (χ0n) is 21.5. The molecule has 1 aromatic carbocycles. The highest BCUT2D eigenvalue weighted by atomic mass is 16.6. The van der Waals surface area contributed by atoms with Crippen LogP contribution in [0.4, 0.5) is 4.79 Å². The minimum absolute atomic E-state index is 0.0391. The Kier molecular flexibility index (Phi) is 7.36. The van der Waals surface area contributed by atoms with Crippen molar-refractivity contribution >= 4 is 23.4 Å². The Bertz CT molecular complexity index is 994. The average Bonchev–Trinajstić information content (AvgIpc) is 3.40. The van der Waals surface area contributed by atoms with E-state index >= 15 is 0 Å². The Labute approximate surface area is 208 Å². The molecule has 4 rings (SSSR count). The lowest BCUT2D eigenvalue weighted by atomic mass is 9.86. The van der Waals surface area contributed by atoms with Crippen LogP contribution in [-0.4, -0.2) is 65.4 Å². The summed E-state index contributed by atoms with van der Waals surface area (Å²) in [6, 6.07) is 7.75. The normalized spacial score (nSPS) is 25.3. The minimum atomic E-state index is -0.627. The van der Waals surface area contributed by atoms with Gasteiger partial charge in [-0.2, -0.15) is 0 Å². The van der Waals surface area contributed by atoms with E-state index in [1.165, 1.54) is 11.1 Å². The van der Waals surface area contributed by atoms with Crippen LogP contribution >= 0.6 is 0 Å². The predicted molar refractivity (Wildman–Crippen MR) is 136 cm³/mol. The first-order valence-corrected chi connectivity index (χ1v) is 12.8. The minimum Gasteiger partial charge on any atom is -0.444 e. The third-order valence-corrected chi connectivity index (χ3v) is 7.59. The van der Waals surface area contributed by atoms with Gasteiger partial charge in [-0.05, 0) is 82.5 Å². The number of primary amides is 1. The topological polar surface area (TPSA) is 92.9 Å². The second-order valence-electron chi connectivity index (χ2n) is 11.5. The number of piperidine rings is 1. The molecule has 190 valence electrons. The van der Waals surface area contributed by atoms with E-state index in [0.717, 1.165) is 44.3 Å². The van der Waals surface area contributed by atoms with Crippen molar-refractivity contribution in [3.05, 3.63) is 41.5 Å². The number of carbonyl (C=O) groups is 3. The van der Waals surface area contributed by atoms with Gasteiger partial charge in [0.25, 0.3) is 0 Å². The highest BCUT2D eigenvalue weighted by molar-refractivity contribution is 5.92. The van der Waals surface area contributed by atoms with E-state index in [1.807, 2.05) is 32.9 Å². The number of amides is 2. The van der Waals surface area contributed by atoms with Gasteiger partial charge in [0.2, 0.25) is 5.91 Å². The van der Waals surface area contributed by atoms with Gasteiger partial charge in [0.15, 0.2) is 5.78 Å². The van der Waals surface area contributed by atoms with Crippen molar-refractivity contribution in [2.24, 2.45) is 17.6 Å². The Morgan fingerprint density at radius 1 is 1.14 bits per heavy atom. The second-order valence-corrected chi connectivity index (χ2v) is 11.5. The molecule has 1 saturated heterocycles. The van der Waals surface area contributed by atoms with Gasteiger partial charge in [-0.25, -0.2) is 4.79 Å². The lowest BCUT2D eigenvalue weighted by molar-refractivity contribution is -0.131. The number of Topliss-reactive ketones (excluding diaryl/α,β-unsaturated/α-hetero) is 1. The molecule has 7 heteroatoms. The van der Waals surface area contributed by atoms with Gasteiger partial charge < -0.3 is 15.4 Å². The molecule has 2 heterocycles. The van der Waals surface area contributed by atoms with Crippen molar-refractivity contribution in [1.82, 2.24) is 9.80 Å². The number of nitrogens with two attached hydrogens (primary N) is 1. The van der Waals surface area contributed by atoms with E-state index < -0.39 is 29.6 Å². The molecule has 2 amide bonds. The first-order valence-electron chi connectivity index (χ1n) is 12.8. The van der Waals surface area contributed by atoms with Gasteiger partial charge in [-0.3, -0.25) is 14.5 Å². The van der Waals surface area contributed by atoms with Crippen LogP contribution in [-0.2, 0) is 20.7 Å². The molecule has 2 bridgehead atoms. The standard InChI is InChI=1S/C28H39N3O4/c1-28(2,3)35-27(34)31-23-10-9-21(16-23)25(31)24(32)17-22(26(29)33)15-18-5-7-19(8-6-18)20-11-13-30(4)14-12-20/h5-8,11,21-23,25H,9-10,12-17H2,1-4H3,(H2,29,33)/t21-,22+,23+,25-/m0/s1. The maximum atomic E-state index is 13.4. The zero-order valence-corrected chi connectivity index (χ0v) is 21.5. The van der Waals surface area contributed by atoms with Gasteiger partial charge in [-0.1, -0.05) is 30.3 Å². The number of ketones is 1. The summed E-state index contributed by atoms with van der Waals surface area (Å²) >= 11 is 0. The maximum Gasteiger partial charge on any atom is 0.411 e. The molecule has 1 saturated carbocycles. The number of carbonyl (C=O) groups excluding carboxylic acids is 3. The van der Waals surface area contributed by atoms with Crippen molar-refractivity contribution in [3.8, 4) is 0 Å². The number of ether oxygens (including phenoxy) is 1. The molecule has 35 heavy (non-hydrogen) atoms. The van der Waals surface area contributed by atoms with Crippen LogP contribution in [0.5, 0.6) is 0 Å². The van der Waals surface area contributed by atoms with Crippen molar-refractivity contribution < 1.29 is 19.1 Å². The number of likely N-dealkylation sites (N-methyl/N-ethyl adjacent to an activating group) is 1. The molecule has 2 N–H and O–H groups in total. The third-order valence-electron chi connectivity index (χ3n) is 7.59. The van der Waals surface area contributed by atoms with Crippen LogP contribution in [0.15, 0.2) is 30.3 Å². The van der Waals surface area contributed by atoms with E-state index in [-0.39, 0.29) is 24.2 Å². The maximum absolute atomic E-state index is 13.4. The summed E-state index contributed by atoms with van der Waals surface area (Å²) in [7, 11) is 2.12. The largest absolute Gasteiger partial charge is 0.444 e. The number of benzene rings is 1. The van der Waals surface area contributed by atoms with Crippen LogP contribution in [0.25, 0.3) is 5.57 Å². The van der Waals surface area contributed by atoms with Crippen LogP contribution in [0.3, 0.4) is 0 Å². The van der Waals surface area contributed by atoms with Crippen LogP contribution < -0.4 is 5.73 Å². The van der Waals surface area contributed by atoms with Gasteiger partial charge in [-0.15, -0.1) is 0 Å². The monoisotopic (exact) mass is 481 g/mol. The van der Waals surface area contributed by atoms with Crippen molar-refractivity contribution in [1.29, 1.82) is 0 Å². The summed E-state index contributed by atoms with van der Waals surface area (Å²) in [6.45, 7) is 7.48. The zero-order chi connectivity index (χ0) is 25.3. The van der Waals surface area contributed by atoms with Crippen LogP contribution in [0, 0.1) is 11.8 Å². The highest BCUT2D eigenvalue weighted by Crippen LogP contribution is 2.44. The van der Waals surface area contributed by atoms with Crippen molar-refractivity contribution in [3.63, 3.8) is 0 Å². The lowest BCUT2D eigenvalue weighted by Gasteiger charge is -2.36. The van der Waals surface area contributed by atoms with Crippen molar-refractivity contribution in [2.45, 2.75) is 77.0 Å². The smallest absolute Gasteiger partial charge is 0.411 e. The molecule has 1 aromatic rings. The predicted octanol–water partition coefficient (Wildman–Crippen LogP) is 3.80. The van der Waals surface area contributed by atoms with Crippen LogP contribution in [0.2, 0.25) is 0 Å². The Balaban J connectivity index is 1.43. The Morgan fingerprint density at radius 3 is 2.46 bits per heavy atom. The van der Waals surface area contributed by atoms with Gasteiger partial charge >= 0.3 is 6.09 Å². The molecule has 0 spiro atoms. The summed E-state index contributed by atoms with van der Waals surface area (Å²) in [5.74, 6) is -1.03. The summed E-state index contributed by atoms with van der Waals surface area (Å²) in [6.07, 6.45) is 5.95. The quantitative estimate of drug-likeness (QED) is 0.640. The first kappa shape index (κ1) is 25.4. The third kappa shape index (κ3) is 5.95. The highest BCUT2D eigenvalue weighted by Gasteiger charge is 2.52. The molecule has 0 unspecified atom stereocenters. The molecule has 2 aliphatic heterocycles. The van der Waals surface area contributed by atoms with Crippen molar-refractivity contribution in [2.75, 3.05) is 20.1 Å². The molecule has 3 aliphatic rings. The fraction of sp³-hybridized carbons (Fsp3) is 0.607. The van der Waals surface area contributed by atoms with Gasteiger partial charge in [0, 0.05) is 31.5 Å². The molecule has 2 fully saturated rings. The Morgan fingerprint density at radius 2 is 1.86 bits per heavy atom. The van der Waals surface area contributed by atoms with E-state index in [9.17, 15) is 14.4 Å². The number of likely N-dealkylation sites (tertiary alicyclic amines) is 1. The fourth-order valence-corrected chi connectivity index (χ4v) is 5.79. The number of nitrogens with zero attached hydrogens (tertiary/aromatic N) is 2. The summed E-state index contributed by atoms with van der Waals surface area (Å²) in [5, 5.41) is 0. The molecule has 7 nitrogen and oxygen atoms in total. The Hall–Kier alpha value is -2.67. The fourth-order valence-electron chi connectivity index (χ4n) is 5.79. The summed E-state index contributed by atoms with van der Waals surface area (Å²) in [5.41, 5.74) is 8.63. The molecule has 1 aliphatic carbocycles. The van der Waals surface area contributed by atoms with E-state index in [0.29, 0.717) is 6.42 Å². The number of hydrogen-bond acceptors (Lipinski definition) is 5. The lowest BCUT2D eigenvalue weighted by Crippen LogP contribution is -2.51. The molecular formula is C28H39N3O4. The molecule has 0 aromatic heterocycles.